The molecule has 1 aliphatic heterocycles. The Bertz CT molecular complexity index is 825. The maximum atomic E-state index is 13.0. The lowest BCUT2D eigenvalue weighted by molar-refractivity contribution is 0.110. The van der Waals surface area contributed by atoms with E-state index in [9.17, 15) is 8.42 Å². The molecule has 1 saturated heterocycles. The minimum atomic E-state index is -3.59. The fourth-order valence-corrected chi connectivity index (χ4v) is 4.76. The first-order valence-electron chi connectivity index (χ1n) is 9.13. The van der Waals surface area contributed by atoms with E-state index in [1.807, 2.05) is 37.3 Å². The van der Waals surface area contributed by atoms with E-state index in [0.717, 1.165) is 5.56 Å². The number of nitrogens with two attached hydrogens (primary N) is 1. The number of sulfonamides is 1. The Morgan fingerprint density at radius 2 is 1.74 bits per heavy atom. The van der Waals surface area contributed by atoms with Crippen molar-refractivity contribution in [2.45, 2.75) is 23.8 Å². The standard InChI is InChI=1S/C20H26N2O4S/c1-2-25-12-13-26-17-8-10-18(11-9-17)27(23,24)22-14-19(20(21)15-22)16-6-4-3-5-7-16/h3-11,19-20H,2,12-15,21H2,1H3/t19-,20+/m0/s1. The summed E-state index contributed by atoms with van der Waals surface area (Å²) >= 11 is 0. The van der Waals surface area contributed by atoms with Crippen LogP contribution in [-0.2, 0) is 14.8 Å². The molecule has 2 aromatic rings. The summed E-state index contributed by atoms with van der Waals surface area (Å²) in [5, 5.41) is 0. The van der Waals surface area contributed by atoms with Gasteiger partial charge in [-0.3, -0.25) is 0 Å². The van der Waals surface area contributed by atoms with E-state index in [0.29, 0.717) is 38.7 Å². The topological polar surface area (TPSA) is 81.9 Å². The Kier molecular flexibility index (Phi) is 6.49. The Morgan fingerprint density at radius 3 is 2.41 bits per heavy atom. The van der Waals surface area contributed by atoms with Gasteiger partial charge in [-0.2, -0.15) is 4.31 Å². The summed E-state index contributed by atoms with van der Waals surface area (Å²) in [6.45, 7) is 4.20. The Labute approximate surface area is 160 Å². The van der Waals surface area contributed by atoms with Gasteiger partial charge >= 0.3 is 0 Å². The maximum Gasteiger partial charge on any atom is 0.243 e. The second-order valence-electron chi connectivity index (χ2n) is 6.52. The molecule has 2 N–H and O–H groups in total. The maximum absolute atomic E-state index is 13.0. The van der Waals surface area contributed by atoms with Crippen LogP contribution < -0.4 is 10.5 Å². The predicted octanol–water partition coefficient (Wildman–Crippen LogP) is 2.22. The monoisotopic (exact) mass is 390 g/mol. The van der Waals surface area contributed by atoms with E-state index in [-0.39, 0.29) is 16.9 Å². The van der Waals surface area contributed by atoms with Crippen molar-refractivity contribution in [3.8, 4) is 5.75 Å². The Hall–Kier alpha value is -1.93. The van der Waals surface area contributed by atoms with E-state index < -0.39 is 10.0 Å². The number of hydrogen-bond acceptors (Lipinski definition) is 5. The van der Waals surface area contributed by atoms with Gasteiger partial charge in [-0.15, -0.1) is 0 Å². The molecular weight excluding hydrogens is 364 g/mol. The van der Waals surface area contributed by atoms with Gasteiger partial charge in [-0.25, -0.2) is 8.42 Å². The van der Waals surface area contributed by atoms with Crippen molar-refractivity contribution < 1.29 is 17.9 Å². The summed E-state index contributed by atoms with van der Waals surface area (Å²) in [6, 6.07) is 16.1. The van der Waals surface area contributed by atoms with Crippen LogP contribution in [0.3, 0.4) is 0 Å². The lowest BCUT2D eigenvalue weighted by atomic mass is 9.95. The molecule has 3 rings (SSSR count). The predicted molar refractivity (Wildman–Crippen MR) is 104 cm³/mol. The van der Waals surface area contributed by atoms with Gasteiger partial charge in [0.15, 0.2) is 0 Å². The minimum absolute atomic E-state index is 0.00199. The highest BCUT2D eigenvalue weighted by Gasteiger charge is 2.38. The summed E-state index contributed by atoms with van der Waals surface area (Å²) in [7, 11) is -3.59. The van der Waals surface area contributed by atoms with Gasteiger partial charge in [-0.05, 0) is 36.8 Å². The molecule has 0 aromatic heterocycles. The average Bonchev–Trinajstić information content (AvgIpc) is 3.09. The summed E-state index contributed by atoms with van der Waals surface area (Å²) < 4.78 is 38.2. The number of hydrogen-bond donors (Lipinski definition) is 1. The molecule has 0 unspecified atom stereocenters. The van der Waals surface area contributed by atoms with Crippen molar-refractivity contribution in [1.82, 2.24) is 4.31 Å². The molecule has 0 spiro atoms. The number of benzene rings is 2. The fourth-order valence-electron chi connectivity index (χ4n) is 3.26. The third-order valence-corrected chi connectivity index (χ3v) is 6.57. The van der Waals surface area contributed by atoms with Crippen molar-refractivity contribution in [1.29, 1.82) is 0 Å². The normalized spacial score (nSPS) is 20.7. The third kappa shape index (κ3) is 4.68. The van der Waals surface area contributed by atoms with E-state index in [2.05, 4.69) is 0 Å². The molecule has 0 saturated carbocycles. The zero-order chi connectivity index (χ0) is 19.3. The first-order valence-corrected chi connectivity index (χ1v) is 10.6. The zero-order valence-electron chi connectivity index (χ0n) is 15.5. The molecule has 6 nitrogen and oxygen atoms in total. The largest absolute Gasteiger partial charge is 0.491 e. The second-order valence-corrected chi connectivity index (χ2v) is 8.46. The van der Waals surface area contributed by atoms with E-state index in [1.54, 1.807) is 24.3 Å². The molecular formula is C20H26N2O4S. The number of ether oxygens (including phenoxy) is 2. The van der Waals surface area contributed by atoms with Crippen LogP contribution in [0.4, 0.5) is 0 Å². The van der Waals surface area contributed by atoms with E-state index >= 15 is 0 Å². The molecule has 146 valence electrons. The average molecular weight is 391 g/mol. The summed E-state index contributed by atoms with van der Waals surface area (Å²) in [6.07, 6.45) is 0. The van der Waals surface area contributed by atoms with Crippen molar-refractivity contribution in [3.05, 3.63) is 60.2 Å². The highest BCUT2D eigenvalue weighted by Crippen LogP contribution is 2.30. The molecule has 2 atom stereocenters. The van der Waals surface area contributed by atoms with Crippen LogP contribution in [0.2, 0.25) is 0 Å². The highest BCUT2D eigenvalue weighted by molar-refractivity contribution is 7.89. The van der Waals surface area contributed by atoms with Gasteiger partial charge in [0, 0.05) is 31.7 Å². The molecule has 27 heavy (non-hydrogen) atoms. The third-order valence-electron chi connectivity index (χ3n) is 4.72. The Morgan fingerprint density at radius 1 is 1.04 bits per heavy atom. The van der Waals surface area contributed by atoms with Crippen molar-refractivity contribution in [2.24, 2.45) is 5.73 Å². The van der Waals surface area contributed by atoms with E-state index in [1.165, 1.54) is 4.31 Å². The van der Waals surface area contributed by atoms with Crippen LogP contribution in [0, 0.1) is 0 Å². The second kappa shape index (κ2) is 8.84. The fraction of sp³-hybridized carbons (Fsp3) is 0.400. The SMILES string of the molecule is CCOCCOc1ccc(S(=O)(=O)N2C[C@@H](N)[C@H](c3ccccc3)C2)cc1. The first kappa shape index (κ1) is 19.8. The van der Waals surface area contributed by atoms with Crippen molar-refractivity contribution in [3.63, 3.8) is 0 Å². The van der Waals surface area contributed by atoms with Crippen LogP contribution in [0.1, 0.15) is 18.4 Å². The first-order chi connectivity index (χ1) is 13.0. The molecule has 0 amide bonds. The van der Waals surface area contributed by atoms with Crippen molar-refractivity contribution >= 4 is 10.0 Å². The molecule has 1 fully saturated rings. The van der Waals surface area contributed by atoms with E-state index in [4.69, 9.17) is 15.2 Å². The van der Waals surface area contributed by atoms with Crippen molar-refractivity contribution in [2.75, 3.05) is 32.9 Å². The van der Waals surface area contributed by atoms with Gasteiger partial charge in [-0.1, -0.05) is 30.3 Å². The van der Waals surface area contributed by atoms with Gasteiger partial charge in [0.1, 0.15) is 12.4 Å². The molecule has 2 aromatic carbocycles. The minimum Gasteiger partial charge on any atom is -0.491 e. The lowest BCUT2D eigenvalue weighted by Gasteiger charge is -2.17. The Balaban J connectivity index is 1.67. The van der Waals surface area contributed by atoms with Gasteiger partial charge in [0.2, 0.25) is 10.0 Å². The van der Waals surface area contributed by atoms with Crippen LogP contribution >= 0.6 is 0 Å². The number of rotatable bonds is 8. The molecule has 0 aliphatic carbocycles. The molecule has 1 heterocycles. The number of nitrogens with zero attached hydrogens (tertiary/aromatic N) is 1. The van der Waals surface area contributed by atoms with Gasteiger partial charge in [0.05, 0.1) is 11.5 Å². The zero-order valence-corrected chi connectivity index (χ0v) is 16.3. The quantitative estimate of drug-likeness (QED) is 0.699. The molecule has 0 bridgehead atoms. The highest BCUT2D eigenvalue weighted by atomic mass is 32.2. The summed E-state index contributed by atoms with van der Waals surface area (Å²) in [5.74, 6) is 0.621. The van der Waals surface area contributed by atoms with Gasteiger partial charge < -0.3 is 15.2 Å². The smallest absolute Gasteiger partial charge is 0.243 e. The summed E-state index contributed by atoms with van der Waals surface area (Å²) in [5.41, 5.74) is 7.31. The van der Waals surface area contributed by atoms with Crippen LogP contribution in [0.25, 0.3) is 0 Å². The molecule has 1 aliphatic rings. The molecule has 7 heteroatoms. The summed E-state index contributed by atoms with van der Waals surface area (Å²) in [4.78, 5) is 0.251. The lowest BCUT2D eigenvalue weighted by Crippen LogP contribution is -2.32. The van der Waals surface area contributed by atoms with Crippen LogP contribution in [0.5, 0.6) is 5.75 Å². The molecule has 0 radical (unpaired) electrons. The van der Waals surface area contributed by atoms with Gasteiger partial charge in [0.25, 0.3) is 0 Å². The van der Waals surface area contributed by atoms with Crippen LogP contribution in [-0.4, -0.2) is 51.7 Å². The van der Waals surface area contributed by atoms with Crippen LogP contribution in [0.15, 0.2) is 59.5 Å².